The van der Waals surface area contributed by atoms with Crippen LogP contribution in [-0.4, -0.2) is 28.3 Å². The van der Waals surface area contributed by atoms with E-state index in [1.54, 1.807) is 54.6 Å². The smallest absolute Gasteiger partial charge is 0.306 e. The number of aromatic amines is 1. The zero-order valence-electron chi connectivity index (χ0n) is 13.4. The van der Waals surface area contributed by atoms with Crippen LogP contribution in [0.5, 0.6) is 0 Å². The van der Waals surface area contributed by atoms with Crippen LogP contribution in [0.15, 0.2) is 59.4 Å². The van der Waals surface area contributed by atoms with Crippen molar-refractivity contribution in [2.75, 3.05) is 6.61 Å². The van der Waals surface area contributed by atoms with Crippen molar-refractivity contribution in [2.45, 2.75) is 12.8 Å². The molecule has 6 nitrogen and oxygen atoms in total. The number of hydrogen-bond donors (Lipinski definition) is 1. The number of benzene rings is 2. The van der Waals surface area contributed by atoms with Crippen molar-refractivity contribution >= 4 is 22.7 Å². The number of Topliss-reactive ketones (excluding diaryl/α,β-unsaturated/α-hetero) is 1. The molecule has 0 aliphatic carbocycles. The van der Waals surface area contributed by atoms with Crippen LogP contribution >= 0.6 is 0 Å². The fourth-order valence-corrected chi connectivity index (χ4v) is 2.40. The van der Waals surface area contributed by atoms with Crippen LogP contribution in [0.25, 0.3) is 10.9 Å². The maximum Gasteiger partial charge on any atom is 0.306 e. The van der Waals surface area contributed by atoms with Crippen LogP contribution < -0.4 is 5.56 Å². The number of ketones is 1. The molecule has 0 unspecified atom stereocenters. The number of ether oxygens (including phenoxy) is 1. The summed E-state index contributed by atoms with van der Waals surface area (Å²) in [5.41, 5.74) is 0.831. The molecule has 0 saturated heterocycles. The average Bonchev–Trinajstić information content (AvgIpc) is 2.65. The second kappa shape index (κ2) is 7.53. The van der Waals surface area contributed by atoms with E-state index in [1.807, 2.05) is 0 Å². The maximum absolute atomic E-state index is 12.0. The summed E-state index contributed by atoms with van der Waals surface area (Å²) in [5.74, 6) is -0.360. The molecule has 0 atom stereocenters. The molecule has 0 aliphatic rings. The molecular weight excluding hydrogens is 320 g/mol. The number of para-hydroxylation sites is 1. The Kier molecular flexibility index (Phi) is 4.99. The Morgan fingerprint density at radius 2 is 1.72 bits per heavy atom. The van der Waals surface area contributed by atoms with Gasteiger partial charge in [-0.15, -0.1) is 0 Å². The van der Waals surface area contributed by atoms with Crippen molar-refractivity contribution in [2.24, 2.45) is 0 Å². The first-order chi connectivity index (χ1) is 12.1. The Morgan fingerprint density at radius 3 is 2.52 bits per heavy atom. The predicted molar refractivity (Wildman–Crippen MR) is 92.4 cm³/mol. The Labute approximate surface area is 143 Å². The summed E-state index contributed by atoms with van der Waals surface area (Å²) in [6.07, 6.45) is 0.266. The fourth-order valence-electron chi connectivity index (χ4n) is 2.40. The molecule has 6 heteroatoms. The van der Waals surface area contributed by atoms with E-state index in [9.17, 15) is 14.4 Å². The minimum Gasteiger partial charge on any atom is -0.457 e. The molecule has 25 heavy (non-hydrogen) atoms. The molecule has 3 rings (SSSR count). The first kappa shape index (κ1) is 16.6. The van der Waals surface area contributed by atoms with Crippen molar-refractivity contribution in [1.82, 2.24) is 9.97 Å². The van der Waals surface area contributed by atoms with Crippen LogP contribution in [-0.2, 0) is 16.0 Å². The van der Waals surface area contributed by atoms with E-state index in [2.05, 4.69) is 9.97 Å². The van der Waals surface area contributed by atoms with Gasteiger partial charge in [-0.3, -0.25) is 14.4 Å². The lowest BCUT2D eigenvalue weighted by atomic mass is 10.1. The number of carbonyl (C=O) groups excluding carboxylic acids is 2. The molecule has 0 spiro atoms. The predicted octanol–water partition coefficient (Wildman–Crippen LogP) is 2.28. The molecule has 0 fully saturated rings. The van der Waals surface area contributed by atoms with Crippen LogP contribution in [0, 0.1) is 0 Å². The van der Waals surface area contributed by atoms with E-state index in [1.165, 1.54) is 0 Å². The van der Waals surface area contributed by atoms with Gasteiger partial charge in [-0.1, -0.05) is 42.5 Å². The fraction of sp³-hybridized carbons (Fsp3) is 0.158. The normalized spacial score (nSPS) is 10.6. The number of H-pyrrole nitrogens is 1. The van der Waals surface area contributed by atoms with Gasteiger partial charge in [-0.2, -0.15) is 0 Å². The van der Waals surface area contributed by atoms with E-state index in [-0.39, 0.29) is 30.8 Å². The first-order valence-corrected chi connectivity index (χ1v) is 7.85. The highest BCUT2D eigenvalue weighted by atomic mass is 16.5. The number of aryl methyl sites for hydroxylation is 1. The summed E-state index contributed by atoms with van der Waals surface area (Å²) in [6.45, 7) is -0.301. The topological polar surface area (TPSA) is 89.1 Å². The first-order valence-electron chi connectivity index (χ1n) is 7.85. The van der Waals surface area contributed by atoms with E-state index in [4.69, 9.17) is 4.74 Å². The zero-order chi connectivity index (χ0) is 17.6. The van der Waals surface area contributed by atoms with E-state index in [0.717, 1.165) is 0 Å². The third-order valence-electron chi connectivity index (χ3n) is 3.69. The van der Waals surface area contributed by atoms with Crippen LogP contribution in [0.3, 0.4) is 0 Å². The summed E-state index contributed by atoms with van der Waals surface area (Å²) in [7, 11) is 0. The molecule has 0 bridgehead atoms. The Bertz CT molecular complexity index is 964. The molecular formula is C19H16N2O4. The molecule has 0 saturated carbocycles. The molecule has 1 aromatic heterocycles. The maximum atomic E-state index is 12.0. The van der Waals surface area contributed by atoms with Gasteiger partial charge in [0.15, 0.2) is 12.4 Å². The Balaban J connectivity index is 1.56. The zero-order valence-corrected chi connectivity index (χ0v) is 13.4. The number of fused-ring (bicyclic) bond motifs is 1. The van der Waals surface area contributed by atoms with Crippen molar-refractivity contribution in [3.63, 3.8) is 0 Å². The number of nitrogens with one attached hydrogen (secondary N) is 1. The molecule has 126 valence electrons. The summed E-state index contributed by atoms with van der Waals surface area (Å²) in [6, 6.07) is 15.6. The third kappa shape index (κ3) is 4.17. The van der Waals surface area contributed by atoms with Crippen molar-refractivity contribution in [3.05, 3.63) is 76.3 Å². The number of esters is 1. The highest BCUT2D eigenvalue weighted by molar-refractivity contribution is 5.97. The van der Waals surface area contributed by atoms with Gasteiger partial charge in [0.25, 0.3) is 5.56 Å². The standard InChI is InChI=1S/C19H16N2O4/c22-16(13-6-2-1-3-7-13)12-25-18(23)11-10-17-20-15-9-5-4-8-14(15)19(24)21-17/h1-9H,10-12H2,(H,20,21,24). The molecule has 0 amide bonds. The van der Waals surface area contributed by atoms with E-state index >= 15 is 0 Å². The lowest BCUT2D eigenvalue weighted by Gasteiger charge is -2.05. The van der Waals surface area contributed by atoms with Gasteiger partial charge in [0.05, 0.1) is 17.3 Å². The largest absolute Gasteiger partial charge is 0.457 e. The number of nitrogens with zero attached hydrogens (tertiary/aromatic N) is 1. The van der Waals surface area contributed by atoms with Crippen molar-refractivity contribution in [3.8, 4) is 0 Å². The minimum atomic E-state index is -0.514. The summed E-state index contributed by atoms with van der Waals surface area (Å²) >= 11 is 0. The van der Waals surface area contributed by atoms with E-state index < -0.39 is 5.97 Å². The Hall–Kier alpha value is -3.28. The van der Waals surface area contributed by atoms with Gasteiger partial charge in [0.1, 0.15) is 5.82 Å². The van der Waals surface area contributed by atoms with Crippen LogP contribution in [0.1, 0.15) is 22.6 Å². The van der Waals surface area contributed by atoms with Gasteiger partial charge < -0.3 is 9.72 Å². The van der Waals surface area contributed by atoms with Gasteiger partial charge in [0, 0.05) is 12.0 Å². The van der Waals surface area contributed by atoms with Crippen LogP contribution in [0.4, 0.5) is 0 Å². The molecule has 3 aromatic rings. The lowest BCUT2D eigenvalue weighted by Crippen LogP contribution is -2.16. The van der Waals surface area contributed by atoms with E-state index in [0.29, 0.717) is 22.3 Å². The summed E-state index contributed by atoms with van der Waals surface area (Å²) in [5, 5.41) is 0.502. The third-order valence-corrected chi connectivity index (χ3v) is 3.69. The SMILES string of the molecule is O=C(CCc1nc2ccccc2c(=O)[nH]1)OCC(=O)c1ccccc1. The Morgan fingerprint density at radius 1 is 1.00 bits per heavy atom. The monoisotopic (exact) mass is 336 g/mol. The minimum absolute atomic E-state index is 0.0311. The van der Waals surface area contributed by atoms with Crippen molar-refractivity contribution in [1.29, 1.82) is 0 Å². The number of rotatable bonds is 6. The lowest BCUT2D eigenvalue weighted by molar-refractivity contribution is -0.142. The number of carbonyl (C=O) groups is 2. The van der Waals surface area contributed by atoms with Crippen LogP contribution in [0.2, 0.25) is 0 Å². The van der Waals surface area contributed by atoms with Gasteiger partial charge in [-0.25, -0.2) is 4.98 Å². The number of aromatic nitrogens is 2. The highest BCUT2D eigenvalue weighted by Crippen LogP contribution is 2.07. The molecule has 1 N–H and O–H groups in total. The van der Waals surface area contributed by atoms with Gasteiger partial charge in [-0.05, 0) is 12.1 Å². The quantitative estimate of drug-likeness (QED) is 0.551. The summed E-state index contributed by atoms with van der Waals surface area (Å²) < 4.78 is 4.99. The second-order valence-corrected chi connectivity index (χ2v) is 5.48. The summed E-state index contributed by atoms with van der Waals surface area (Å²) in [4.78, 5) is 42.6. The van der Waals surface area contributed by atoms with Gasteiger partial charge in [0.2, 0.25) is 0 Å². The molecule has 0 radical (unpaired) electrons. The van der Waals surface area contributed by atoms with Crippen molar-refractivity contribution < 1.29 is 14.3 Å². The second-order valence-electron chi connectivity index (χ2n) is 5.48. The molecule has 0 aliphatic heterocycles. The average molecular weight is 336 g/mol. The molecule has 1 heterocycles. The number of hydrogen-bond acceptors (Lipinski definition) is 5. The highest BCUT2D eigenvalue weighted by Gasteiger charge is 2.11. The van der Waals surface area contributed by atoms with Gasteiger partial charge >= 0.3 is 5.97 Å². The molecule has 2 aromatic carbocycles.